The third kappa shape index (κ3) is 3.94. The van der Waals surface area contributed by atoms with Crippen LogP contribution < -0.4 is 16.4 Å². The molecular weight excluding hydrogens is 424 g/mol. The van der Waals surface area contributed by atoms with Gasteiger partial charge in [-0.15, -0.1) is 22.7 Å². The average molecular weight is 447 g/mol. The predicted molar refractivity (Wildman–Crippen MR) is 117 cm³/mol. The molecule has 1 aliphatic rings. The third-order valence-corrected chi connectivity index (χ3v) is 6.27. The lowest BCUT2D eigenvalue weighted by Crippen LogP contribution is -2.33. The van der Waals surface area contributed by atoms with Crippen LogP contribution in [0.1, 0.15) is 39.8 Å². The molecule has 1 unspecified atom stereocenters. The SMILES string of the molecule is CCOC(c1cscn1)c1nc2c(s1)c(/C=N\N(C)CC1=CNNN1)c(C=O)n2C. The maximum absolute atomic E-state index is 11.8. The first-order valence-corrected chi connectivity index (χ1v) is 11.0. The van der Waals surface area contributed by atoms with E-state index in [4.69, 9.17) is 9.72 Å². The number of hydrogen-bond donors (Lipinski definition) is 3. The van der Waals surface area contributed by atoms with Crippen LogP contribution >= 0.6 is 22.7 Å². The Labute approximate surface area is 181 Å². The summed E-state index contributed by atoms with van der Waals surface area (Å²) in [6.07, 6.45) is 4.05. The van der Waals surface area contributed by atoms with Gasteiger partial charge in [-0.25, -0.2) is 9.97 Å². The molecule has 0 spiro atoms. The quantitative estimate of drug-likeness (QED) is 0.259. The number of aldehydes is 1. The minimum Gasteiger partial charge on any atom is -0.365 e. The van der Waals surface area contributed by atoms with Crippen molar-refractivity contribution in [2.45, 2.75) is 13.0 Å². The van der Waals surface area contributed by atoms with Gasteiger partial charge in [-0.05, 0) is 6.92 Å². The summed E-state index contributed by atoms with van der Waals surface area (Å²) in [5, 5.41) is 9.06. The Bertz CT molecular complexity index is 1090. The molecule has 1 atom stereocenters. The highest BCUT2D eigenvalue weighted by molar-refractivity contribution is 7.19. The van der Waals surface area contributed by atoms with Crippen LogP contribution in [0.15, 0.2) is 27.9 Å². The zero-order valence-electron chi connectivity index (χ0n) is 16.7. The maximum atomic E-state index is 11.8. The molecule has 0 saturated carbocycles. The van der Waals surface area contributed by atoms with Crippen LogP contribution in [-0.2, 0) is 11.8 Å². The van der Waals surface area contributed by atoms with Gasteiger partial charge in [0.2, 0.25) is 0 Å². The number of hydrazine groups is 2. The summed E-state index contributed by atoms with van der Waals surface area (Å²) in [6.45, 7) is 3.07. The fourth-order valence-electron chi connectivity index (χ4n) is 3.13. The summed E-state index contributed by atoms with van der Waals surface area (Å²) in [5.74, 6) is 0. The van der Waals surface area contributed by atoms with Crippen molar-refractivity contribution in [1.29, 1.82) is 0 Å². The molecule has 158 valence electrons. The van der Waals surface area contributed by atoms with Crippen molar-refractivity contribution in [3.8, 4) is 0 Å². The van der Waals surface area contributed by atoms with E-state index in [9.17, 15) is 4.79 Å². The Balaban J connectivity index is 1.68. The van der Waals surface area contributed by atoms with Crippen LogP contribution in [0.4, 0.5) is 0 Å². The van der Waals surface area contributed by atoms with Gasteiger partial charge in [-0.1, -0.05) is 0 Å². The van der Waals surface area contributed by atoms with Crippen molar-refractivity contribution in [3.63, 3.8) is 0 Å². The normalized spacial score (nSPS) is 14.7. The summed E-state index contributed by atoms with van der Waals surface area (Å²) in [5.41, 5.74) is 14.2. The molecule has 0 aliphatic carbocycles. The van der Waals surface area contributed by atoms with Gasteiger partial charge >= 0.3 is 0 Å². The smallest absolute Gasteiger partial charge is 0.167 e. The van der Waals surface area contributed by atoms with Gasteiger partial charge < -0.3 is 20.2 Å². The monoisotopic (exact) mass is 446 g/mol. The minimum atomic E-state index is -0.328. The fourth-order valence-corrected chi connectivity index (χ4v) is 4.87. The van der Waals surface area contributed by atoms with Crippen LogP contribution in [0.3, 0.4) is 0 Å². The second-order valence-corrected chi connectivity index (χ2v) is 8.30. The number of nitrogens with zero attached hydrogens (tertiary/aromatic N) is 5. The van der Waals surface area contributed by atoms with Crippen LogP contribution in [0.5, 0.6) is 0 Å². The third-order valence-electron chi connectivity index (χ3n) is 4.54. The molecule has 10 nitrogen and oxygen atoms in total. The number of ether oxygens (including phenoxy) is 1. The first-order valence-electron chi connectivity index (χ1n) is 9.27. The average Bonchev–Trinajstić information content (AvgIpc) is 3.52. The number of carbonyl (C=O) groups is 1. The molecule has 0 aromatic carbocycles. The molecule has 3 N–H and O–H groups in total. The lowest BCUT2D eigenvalue weighted by atomic mass is 10.3. The molecule has 0 amide bonds. The van der Waals surface area contributed by atoms with Crippen LogP contribution in [-0.4, -0.2) is 52.2 Å². The topological polar surface area (TPSA) is 109 Å². The molecule has 4 rings (SSSR count). The summed E-state index contributed by atoms with van der Waals surface area (Å²) in [4.78, 5) is 20.9. The van der Waals surface area contributed by atoms with Crippen molar-refractivity contribution in [2.24, 2.45) is 12.1 Å². The Hall–Kier alpha value is -2.80. The number of rotatable bonds is 9. The van der Waals surface area contributed by atoms with Gasteiger partial charge in [0.15, 0.2) is 18.0 Å². The van der Waals surface area contributed by atoms with E-state index < -0.39 is 0 Å². The van der Waals surface area contributed by atoms with E-state index in [1.807, 2.05) is 32.6 Å². The molecule has 12 heteroatoms. The lowest BCUT2D eigenvalue weighted by molar-refractivity contribution is 0.0887. The molecule has 0 fully saturated rings. The number of thiazole rings is 2. The number of hydrazone groups is 1. The maximum Gasteiger partial charge on any atom is 0.167 e. The molecule has 0 saturated heterocycles. The first-order chi connectivity index (χ1) is 14.6. The van der Waals surface area contributed by atoms with Crippen LogP contribution in [0, 0.1) is 0 Å². The van der Waals surface area contributed by atoms with E-state index >= 15 is 0 Å². The van der Waals surface area contributed by atoms with E-state index in [0.29, 0.717) is 18.8 Å². The van der Waals surface area contributed by atoms with Gasteiger partial charge in [0, 0.05) is 37.8 Å². The number of carbonyl (C=O) groups excluding carboxylic acids is 1. The largest absolute Gasteiger partial charge is 0.365 e. The highest BCUT2D eigenvalue weighted by Gasteiger charge is 2.25. The van der Waals surface area contributed by atoms with Gasteiger partial charge in [-0.2, -0.15) is 10.6 Å². The summed E-state index contributed by atoms with van der Waals surface area (Å²) >= 11 is 3.02. The number of nitrogens with one attached hydrogen (secondary N) is 3. The molecule has 30 heavy (non-hydrogen) atoms. The minimum absolute atomic E-state index is 0.328. The molecular formula is C18H22N8O2S2. The highest BCUT2D eigenvalue weighted by Crippen LogP contribution is 2.35. The van der Waals surface area contributed by atoms with Crippen LogP contribution in [0.25, 0.3) is 10.3 Å². The molecule has 0 bridgehead atoms. The van der Waals surface area contributed by atoms with E-state index in [-0.39, 0.29) is 6.10 Å². The zero-order valence-corrected chi connectivity index (χ0v) is 18.4. The van der Waals surface area contributed by atoms with Crippen molar-refractivity contribution >= 4 is 45.5 Å². The van der Waals surface area contributed by atoms with Crippen LogP contribution in [0.2, 0.25) is 0 Å². The van der Waals surface area contributed by atoms with Gasteiger partial charge in [0.25, 0.3) is 0 Å². The summed E-state index contributed by atoms with van der Waals surface area (Å²) in [6, 6.07) is 0. The van der Waals surface area contributed by atoms with E-state index in [0.717, 1.165) is 38.6 Å². The molecule has 3 aromatic heterocycles. The van der Waals surface area contributed by atoms with E-state index in [1.54, 1.807) is 21.3 Å². The van der Waals surface area contributed by atoms with Crippen molar-refractivity contribution in [2.75, 3.05) is 20.2 Å². The molecule has 0 radical (unpaired) electrons. The van der Waals surface area contributed by atoms with Crippen molar-refractivity contribution in [3.05, 3.63) is 44.7 Å². The van der Waals surface area contributed by atoms with Gasteiger partial charge in [0.1, 0.15) is 5.01 Å². The number of likely N-dealkylation sites (N-methyl/N-ethyl adjacent to an activating group) is 1. The second-order valence-electron chi connectivity index (χ2n) is 6.55. The van der Waals surface area contributed by atoms with Gasteiger partial charge in [0.05, 0.1) is 40.1 Å². The zero-order chi connectivity index (χ0) is 21.1. The van der Waals surface area contributed by atoms with E-state index in [1.165, 1.54) is 22.7 Å². The highest BCUT2D eigenvalue weighted by atomic mass is 32.1. The van der Waals surface area contributed by atoms with Crippen molar-refractivity contribution in [1.82, 2.24) is 35.9 Å². The standard InChI is InChI=1S/C18H22N8O2S2/c1-4-28-15(13-9-29-10-19-13)18-22-17-16(30-18)12(14(8-27)26(17)3)6-21-25(2)7-11-5-20-24-23-11/h5-6,8-10,15,20,23-24H,4,7H2,1-3H3/b21-6-. The summed E-state index contributed by atoms with van der Waals surface area (Å²) in [7, 11) is 3.70. The fraction of sp³-hybridized carbons (Fsp3) is 0.333. The van der Waals surface area contributed by atoms with E-state index in [2.05, 4.69) is 26.5 Å². The van der Waals surface area contributed by atoms with Gasteiger partial charge in [-0.3, -0.25) is 9.80 Å². The molecule has 4 heterocycles. The Morgan fingerprint density at radius 2 is 2.33 bits per heavy atom. The Morgan fingerprint density at radius 1 is 1.47 bits per heavy atom. The lowest BCUT2D eigenvalue weighted by Gasteiger charge is -2.13. The summed E-state index contributed by atoms with van der Waals surface area (Å²) < 4.78 is 8.62. The predicted octanol–water partition coefficient (Wildman–Crippen LogP) is 1.75. The number of fused-ring (bicyclic) bond motifs is 1. The molecule has 3 aromatic rings. The molecule has 1 aliphatic heterocycles. The number of aryl methyl sites for hydroxylation is 1. The number of hydrogen-bond acceptors (Lipinski definition) is 11. The Kier molecular flexibility index (Phi) is 6.08. The van der Waals surface area contributed by atoms with Crippen molar-refractivity contribution < 1.29 is 9.53 Å². The Morgan fingerprint density at radius 3 is 3.00 bits per heavy atom. The second kappa shape index (κ2) is 8.92. The first kappa shape index (κ1) is 20.5. The number of aromatic nitrogens is 3.